The average molecular weight is 341 g/mol. The molecular formula is C20H27N3O2. The van der Waals surface area contributed by atoms with Gasteiger partial charge in [-0.2, -0.15) is 0 Å². The molecule has 25 heavy (non-hydrogen) atoms. The molecule has 0 saturated carbocycles. The fourth-order valence-electron chi connectivity index (χ4n) is 2.93. The summed E-state index contributed by atoms with van der Waals surface area (Å²) in [6.07, 6.45) is 0. The number of likely N-dealkylation sites (N-methyl/N-ethyl adjacent to an activating group) is 1. The summed E-state index contributed by atoms with van der Waals surface area (Å²) in [5.74, 6) is -0.206. The van der Waals surface area contributed by atoms with Crippen LogP contribution in [-0.4, -0.2) is 42.9 Å². The number of fused-ring (bicyclic) bond motifs is 1. The van der Waals surface area contributed by atoms with Gasteiger partial charge in [-0.25, -0.2) is 0 Å². The van der Waals surface area contributed by atoms with Crippen molar-refractivity contribution in [1.82, 2.24) is 15.5 Å². The molecule has 2 amide bonds. The van der Waals surface area contributed by atoms with Crippen molar-refractivity contribution in [2.24, 2.45) is 0 Å². The highest BCUT2D eigenvalue weighted by molar-refractivity contribution is 5.88. The number of benzene rings is 2. The van der Waals surface area contributed by atoms with Crippen LogP contribution in [0.1, 0.15) is 32.4 Å². The monoisotopic (exact) mass is 341 g/mol. The van der Waals surface area contributed by atoms with Crippen LogP contribution in [0.3, 0.4) is 0 Å². The Morgan fingerprint density at radius 1 is 1.08 bits per heavy atom. The minimum absolute atomic E-state index is 0.0672. The summed E-state index contributed by atoms with van der Waals surface area (Å²) in [7, 11) is 3.41. The molecule has 0 aliphatic heterocycles. The van der Waals surface area contributed by atoms with E-state index in [0.29, 0.717) is 0 Å². The Morgan fingerprint density at radius 2 is 1.72 bits per heavy atom. The second-order valence-corrected chi connectivity index (χ2v) is 7.04. The van der Waals surface area contributed by atoms with E-state index < -0.39 is 5.54 Å². The Morgan fingerprint density at radius 3 is 2.40 bits per heavy atom. The number of hydrogen-bond donors (Lipinski definition) is 2. The number of carbonyl (C=O) groups excluding carboxylic acids is 2. The number of rotatable bonds is 6. The van der Waals surface area contributed by atoms with Crippen LogP contribution >= 0.6 is 0 Å². The summed E-state index contributed by atoms with van der Waals surface area (Å²) in [5.41, 5.74) is 0.291. The molecule has 2 aromatic carbocycles. The Balaban J connectivity index is 2.02. The first-order valence-electron chi connectivity index (χ1n) is 8.46. The molecule has 0 aliphatic rings. The molecule has 0 saturated heterocycles. The quantitative estimate of drug-likeness (QED) is 0.848. The number of hydrogen-bond acceptors (Lipinski definition) is 3. The fraction of sp³-hybridized carbons (Fsp3) is 0.400. The van der Waals surface area contributed by atoms with Crippen LogP contribution in [0.2, 0.25) is 0 Å². The van der Waals surface area contributed by atoms with Crippen LogP contribution in [0.15, 0.2) is 42.5 Å². The van der Waals surface area contributed by atoms with Gasteiger partial charge in [-0.15, -0.1) is 0 Å². The van der Waals surface area contributed by atoms with E-state index in [1.807, 2.05) is 31.2 Å². The summed E-state index contributed by atoms with van der Waals surface area (Å²) in [6, 6.07) is 14.1. The SMILES string of the molecule is C[C@@H](NC(=O)CNC(C)(C)C(=O)N(C)C)c1cccc2ccccc12. The van der Waals surface area contributed by atoms with Gasteiger partial charge in [-0.3, -0.25) is 14.9 Å². The van der Waals surface area contributed by atoms with Gasteiger partial charge in [0.15, 0.2) is 0 Å². The molecule has 0 radical (unpaired) electrons. The lowest BCUT2D eigenvalue weighted by molar-refractivity contribution is -0.134. The largest absolute Gasteiger partial charge is 0.348 e. The molecule has 0 unspecified atom stereocenters. The van der Waals surface area contributed by atoms with Gasteiger partial charge in [-0.1, -0.05) is 42.5 Å². The number of amides is 2. The maximum Gasteiger partial charge on any atom is 0.241 e. The van der Waals surface area contributed by atoms with Crippen LogP contribution in [0, 0.1) is 0 Å². The van der Waals surface area contributed by atoms with Crippen molar-refractivity contribution in [3.05, 3.63) is 48.0 Å². The molecule has 0 aliphatic carbocycles. The summed E-state index contributed by atoms with van der Waals surface area (Å²) in [4.78, 5) is 25.9. The van der Waals surface area contributed by atoms with Gasteiger partial charge in [0.25, 0.3) is 0 Å². The van der Waals surface area contributed by atoms with Gasteiger partial charge >= 0.3 is 0 Å². The molecule has 1 atom stereocenters. The highest BCUT2D eigenvalue weighted by atomic mass is 16.2. The molecule has 2 aromatic rings. The van der Waals surface area contributed by atoms with Gasteiger partial charge in [-0.05, 0) is 37.1 Å². The summed E-state index contributed by atoms with van der Waals surface area (Å²) in [6.45, 7) is 5.60. The van der Waals surface area contributed by atoms with Gasteiger partial charge in [0, 0.05) is 14.1 Å². The number of carbonyl (C=O) groups is 2. The van der Waals surface area contributed by atoms with Crippen LogP contribution < -0.4 is 10.6 Å². The molecule has 0 bridgehead atoms. The average Bonchev–Trinajstić information content (AvgIpc) is 2.58. The topological polar surface area (TPSA) is 61.4 Å². The van der Waals surface area contributed by atoms with Crippen molar-refractivity contribution in [2.75, 3.05) is 20.6 Å². The van der Waals surface area contributed by atoms with E-state index in [2.05, 4.69) is 28.8 Å². The van der Waals surface area contributed by atoms with Crippen LogP contribution in [0.5, 0.6) is 0 Å². The standard InChI is InChI=1S/C20H27N3O2/c1-14(16-12-8-10-15-9-6-7-11-17(15)16)22-18(24)13-21-20(2,3)19(25)23(4)5/h6-12,14,21H,13H2,1-5H3,(H,22,24)/t14-/m1/s1. The molecule has 0 spiro atoms. The normalized spacial score (nSPS) is 12.7. The predicted molar refractivity (Wildman–Crippen MR) is 101 cm³/mol. The first-order valence-corrected chi connectivity index (χ1v) is 8.46. The van der Waals surface area contributed by atoms with Crippen molar-refractivity contribution >= 4 is 22.6 Å². The minimum atomic E-state index is -0.788. The van der Waals surface area contributed by atoms with Gasteiger partial charge in [0.1, 0.15) is 0 Å². The smallest absolute Gasteiger partial charge is 0.241 e. The molecule has 2 N–H and O–H groups in total. The fourth-order valence-corrected chi connectivity index (χ4v) is 2.93. The number of nitrogens with zero attached hydrogens (tertiary/aromatic N) is 1. The molecule has 134 valence electrons. The Bertz CT molecular complexity index is 763. The minimum Gasteiger partial charge on any atom is -0.348 e. The Labute approximate surface area is 149 Å². The second-order valence-electron chi connectivity index (χ2n) is 7.04. The van der Waals surface area contributed by atoms with E-state index in [1.165, 1.54) is 4.90 Å². The zero-order chi connectivity index (χ0) is 18.6. The molecule has 0 aromatic heterocycles. The number of nitrogens with one attached hydrogen (secondary N) is 2. The van der Waals surface area contributed by atoms with Gasteiger partial charge in [0.05, 0.1) is 18.1 Å². The van der Waals surface area contributed by atoms with Gasteiger partial charge in [0.2, 0.25) is 11.8 Å². The van der Waals surface area contributed by atoms with Gasteiger partial charge < -0.3 is 10.2 Å². The highest BCUT2D eigenvalue weighted by Crippen LogP contribution is 2.23. The predicted octanol–water partition coefficient (Wildman–Crippen LogP) is 2.47. The van der Waals surface area contributed by atoms with E-state index >= 15 is 0 Å². The zero-order valence-electron chi connectivity index (χ0n) is 15.6. The summed E-state index contributed by atoms with van der Waals surface area (Å²) >= 11 is 0. The maximum absolute atomic E-state index is 12.3. The van der Waals surface area contributed by atoms with Crippen molar-refractivity contribution in [3.63, 3.8) is 0 Å². The summed E-state index contributed by atoms with van der Waals surface area (Å²) < 4.78 is 0. The second kappa shape index (κ2) is 7.66. The van der Waals surface area contributed by atoms with Crippen molar-refractivity contribution in [2.45, 2.75) is 32.4 Å². The van der Waals surface area contributed by atoms with E-state index in [-0.39, 0.29) is 24.4 Å². The van der Waals surface area contributed by atoms with Crippen LogP contribution in [0.4, 0.5) is 0 Å². The lowest BCUT2D eigenvalue weighted by Crippen LogP contribution is -2.54. The molecule has 5 nitrogen and oxygen atoms in total. The van der Waals surface area contributed by atoms with Crippen molar-refractivity contribution in [1.29, 1.82) is 0 Å². The Hall–Kier alpha value is -2.40. The molecule has 0 heterocycles. The van der Waals surface area contributed by atoms with E-state index in [9.17, 15) is 9.59 Å². The molecule has 0 fully saturated rings. The highest BCUT2D eigenvalue weighted by Gasteiger charge is 2.29. The molecule has 5 heteroatoms. The van der Waals surface area contributed by atoms with Crippen LogP contribution in [-0.2, 0) is 9.59 Å². The molecular weight excluding hydrogens is 314 g/mol. The maximum atomic E-state index is 12.3. The van der Waals surface area contributed by atoms with Crippen molar-refractivity contribution < 1.29 is 9.59 Å². The van der Waals surface area contributed by atoms with E-state index in [0.717, 1.165) is 16.3 Å². The van der Waals surface area contributed by atoms with E-state index in [4.69, 9.17) is 0 Å². The van der Waals surface area contributed by atoms with Crippen molar-refractivity contribution in [3.8, 4) is 0 Å². The third-order valence-electron chi connectivity index (χ3n) is 4.30. The first kappa shape index (κ1) is 18.9. The molecule has 2 rings (SSSR count). The summed E-state index contributed by atoms with van der Waals surface area (Å²) in [5, 5.41) is 8.32. The lowest BCUT2D eigenvalue weighted by Gasteiger charge is -2.28. The third kappa shape index (κ3) is 4.57. The lowest BCUT2D eigenvalue weighted by atomic mass is 9.99. The first-order chi connectivity index (χ1) is 11.7. The van der Waals surface area contributed by atoms with E-state index in [1.54, 1.807) is 27.9 Å². The Kier molecular flexibility index (Phi) is 5.80. The third-order valence-corrected chi connectivity index (χ3v) is 4.30. The zero-order valence-corrected chi connectivity index (χ0v) is 15.6. The van der Waals surface area contributed by atoms with Crippen LogP contribution in [0.25, 0.3) is 10.8 Å².